The maximum absolute atomic E-state index is 11.5. The molecule has 0 bridgehead atoms. The minimum atomic E-state index is -0.497. The lowest BCUT2D eigenvalue weighted by Crippen LogP contribution is -2.35. The van der Waals surface area contributed by atoms with Crippen LogP contribution in [0.25, 0.3) is 0 Å². The Labute approximate surface area is 116 Å². The van der Waals surface area contributed by atoms with Crippen molar-refractivity contribution in [1.29, 1.82) is 0 Å². The van der Waals surface area contributed by atoms with Crippen LogP contribution in [0.2, 0.25) is 5.02 Å². The zero-order chi connectivity index (χ0) is 14.4. The summed E-state index contributed by atoms with van der Waals surface area (Å²) in [5, 5.41) is 13.8. The summed E-state index contributed by atoms with van der Waals surface area (Å²) in [6.07, 6.45) is 0. The number of carbonyl (C=O) groups is 1. The van der Waals surface area contributed by atoms with Gasteiger partial charge >= 0.3 is 0 Å². The molecule has 0 radical (unpaired) electrons. The smallest absolute Gasteiger partial charge is 0.270 e. The fourth-order valence-electron chi connectivity index (χ4n) is 1.41. The number of carbonyl (C=O) groups excluding carboxylic acids is 1. The zero-order valence-corrected chi connectivity index (χ0v) is 11.6. The molecule has 1 N–H and O–H groups in total. The summed E-state index contributed by atoms with van der Waals surface area (Å²) in [6.45, 7) is 3.14. The third-order valence-electron chi connectivity index (χ3n) is 2.74. The van der Waals surface area contributed by atoms with Gasteiger partial charge in [-0.05, 0) is 18.6 Å². The van der Waals surface area contributed by atoms with E-state index in [1.165, 1.54) is 12.1 Å². The van der Waals surface area contributed by atoms with Crippen LogP contribution in [-0.4, -0.2) is 35.9 Å². The van der Waals surface area contributed by atoms with Crippen LogP contribution in [0.15, 0.2) is 18.2 Å². The highest BCUT2D eigenvalue weighted by Crippen LogP contribution is 2.22. The maximum atomic E-state index is 11.5. The summed E-state index contributed by atoms with van der Waals surface area (Å²) >= 11 is 5.94. The van der Waals surface area contributed by atoms with Crippen molar-refractivity contribution in [3.63, 3.8) is 0 Å². The van der Waals surface area contributed by atoms with Gasteiger partial charge in [-0.25, -0.2) is 0 Å². The molecule has 7 heteroatoms. The first-order valence-corrected chi connectivity index (χ1v) is 6.21. The van der Waals surface area contributed by atoms with Crippen LogP contribution in [-0.2, 0) is 11.3 Å². The molecular weight excluding hydrogens is 270 g/mol. The molecule has 104 valence electrons. The van der Waals surface area contributed by atoms with Crippen LogP contribution in [0, 0.1) is 10.1 Å². The Morgan fingerprint density at radius 3 is 2.74 bits per heavy atom. The first kappa shape index (κ1) is 15.4. The van der Waals surface area contributed by atoms with Crippen LogP contribution in [0.3, 0.4) is 0 Å². The highest BCUT2D eigenvalue weighted by Gasteiger charge is 2.10. The molecule has 0 fully saturated rings. The van der Waals surface area contributed by atoms with Crippen molar-refractivity contribution in [2.45, 2.75) is 13.5 Å². The highest BCUT2D eigenvalue weighted by molar-refractivity contribution is 6.31. The summed E-state index contributed by atoms with van der Waals surface area (Å²) in [5.74, 6) is -0.0134. The van der Waals surface area contributed by atoms with Gasteiger partial charge in [0.25, 0.3) is 5.69 Å². The lowest BCUT2D eigenvalue weighted by Gasteiger charge is -2.14. The third kappa shape index (κ3) is 4.50. The Bertz CT molecular complexity index is 479. The number of nitrogens with one attached hydrogen (secondary N) is 1. The molecule has 0 unspecified atom stereocenters. The van der Waals surface area contributed by atoms with E-state index in [-0.39, 0.29) is 18.1 Å². The van der Waals surface area contributed by atoms with Crippen molar-refractivity contribution in [3.8, 4) is 0 Å². The predicted molar refractivity (Wildman–Crippen MR) is 73.1 cm³/mol. The van der Waals surface area contributed by atoms with E-state index in [2.05, 4.69) is 5.32 Å². The Balaban J connectivity index is 2.55. The lowest BCUT2D eigenvalue weighted by molar-refractivity contribution is -0.384. The van der Waals surface area contributed by atoms with Gasteiger partial charge < -0.3 is 10.2 Å². The number of benzene rings is 1. The average molecular weight is 286 g/mol. The number of amides is 1. The van der Waals surface area contributed by atoms with Crippen molar-refractivity contribution >= 4 is 23.2 Å². The van der Waals surface area contributed by atoms with Crippen LogP contribution in [0.1, 0.15) is 12.5 Å². The van der Waals surface area contributed by atoms with Gasteiger partial charge in [0.05, 0.1) is 16.5 Å². The van der Waals surface area contributed by atoms with E-state index in [9.17, 15) is 14.9 Å². The Kier molecular flexibility index (Phi) is 5.72. The molecule has 1 aromatic carbocycles. The van der Waals surface area contributed by atoms with Crippen molar-refractivity contribution in [3.05, 3.63) is 38.9 Å². The quantitative estimate of drug-likeness (QED) is 0.639. The Morgan fingerprint density at radius 2 is 2.21 bits per heavy atom. The molecule has 0 aliphatic rings. The first-order chi connectivity index (χ1) is 8.95. The molecule has 0 saturated carbocycles. The van der Waals surface area contributed by atoms with E-state index < -0.39 is 4.92 Å². The molecule has 0 aliphatic carbocycles. The van der Waals surface area contributed by atoms with Gasteiger partial charge in [0.15, 0.2) is 0 Å². The largest absolute Gasteiger partial charge is 0.345 e. The fourth-order valence-corrected chi connectivity index (χ4v) is 1.65. The topological polar surface area (TPSA) is 75.5 Å². The number of nitro benzene ring substituents is 1. The van der Waals surface area contributed by atoms with Crippen LogP contribution in [0.5, 0.6) is 0 Å². The lowest BCUT2D eigenvalue weighted by atomic mass is 10.2. The van der Waals surface area contributed by atoms with E-state index in [1.807, 2.05) is 6.92 Å². The van der Waals surface area contributed by atoms with Crippen molar-refractivity contribution in [1.82, 2.24) is 10.2 Å². The molecule has 0 heterocycles. The second kappa shape index (κ2) is 7.06. The van der Waals surface area contributed by atoms with E-state index >= 15 is 0 Å². The van der Waals surface area contributed by atoms with Crippen LogP contribution >= 0.6 is 11.6 Å². The summed E-state index contributed by atoms with van der Waals surface area (Å²) in [7, 11) is 1.73. The summed E-state index contributed by atoms with van der Waals surface area (Å²) < 4.78 is 0. The second-order valence-corrected chi connectivity index (χ2v) is 4.45. The van der Waals surface area contributed by atoms with Gasteiger partial charge in [-0.2, -0.15) is 0 Å². The van der Waals surface area contributed by atoms with Crippen molar-refractivity contribution in [2.75, 3.05) is 20.1 Å². The van der Waals surface area contributed by atoms with Crippen LogP contribution in [0.4, 0.5) is 5.69 Å². The van der Waals surface area contributed by atoms with Gasteiger partial charge in [-0.3, -0.25) is 14.9 Å². The number of rotatable bonds is 6. The molecule has 1 rings (SSSR count). The summed E-state index contributed by atoms with van der Waals surface area (Å²) in [4.78, 5) is 23.2. The Hall–Kier alpha value is -1.66. The molecule has 0 atom stereocenters. The zero-order valence-electron chi connectivity index (χ0n) is 10.9. The molecule has 6 nitrogen and oxygen atoms in total. The molecule has 0 aliphatic heterocycles. The number of hydrogen-bond acceptors (Lipinski definition) is 4. The average Bonchev–Trinajstić information content (AvgIpc) is 2.39. The van der Waals surface area contributed by atoms with Crippen LogP contribution < -0.4 is 5.32 Å². The van der Waals surface area contributed by atoms with Gasteiger partial charge in [0.1, 0.15) is 0 Å². The highest BCUT2D eigenvalue weighted by atomic mass is 35.5. The SMILES string of the molecule is CCN(C)C(=O)CNCc1ccc([N+](=O)[O-])cc1Cl. The van der Waals surface area contributed by atoms with E-state index in [0.717, 1.165) is 5.56 Å². The van der Waals surface area contributed by atoms with Gasteiger partial charge in [0.2, 0.25) is 5.91 Å². The molecule has 0 saturated heterocycles. The van der Waals surface area contributed by atoms with Crippen molar-refractivity contribution < 1.29 is 9.72 Å². The normalized spacial score (nSPS) is 10.3. The maximum Gasteiger partial charge on any atom is 0.270 e. The summed E-state index contributed by atoms with van der Waals surface area (Å²) in [6, 6.07) is 4.28. The number of non-ortho nitro benzene ring substituents is 1. The van der Waals surface area contributed by atoms with Crippen molar-refractivity contribution in [2.24, 2.45) is 0 Å². The monoisotopic (exact) mass is 285 g/mol. The molecule has 1 amide bonds. The van der Waals surface area contributed by atoms with Gasteiger partial charge in [0, 0.05) is 32.3 Å². The number of likely N-dealkylation sites (N-methyl/N-ethyl adjacent to an activating group) is 1. The number of nitro groups is 1. The number of nitrogens with zero attached hydrogens (tertiary/aromatic N) is 2. The molecule has 19 heavy (non-hydrogen) atoms. The number of hydrogen-bond donors (Lipinski definition) is 1. The minimum Gasteiger partial charge on any atom is -0.345 e. The van der Waals surface area contributed by atoms with E-state index in [0.29, 0.717) is 18.1 Å². The molecular formula is C12H16ClN3O3. The van der Waals surface area contributed by atoms with E-state index in [4.69, 9.17) is 11.6 Å². The summed E-state index contributed by atoms with van der Waals surface area (Å²) in [5.41, 5.74) is 0.676. The standard InChI is InChI=1S/C12H16ClN3O3/c1-3-15(2)12(17)8-14-7-9-4-5-10(16(18)19)6-11(9)13/h4-6,14H,3,7-8H2,1-2H3. The molecule has 0 spiro atoms. The molecule has 0 aromatic heterocycles. The Morgan fingerprint density at radius 1 is 1.53 bits per heavy atom. The van der Waals surface area contributed by atoms with Gasteiger partial charge in [-0.1, -0.05) is 11.6 Å². The number of halogens is 1. The first-order valence-electron chi connectivity index (χ1n) is 5.83. The third-order valence-corrected chi connectivity index (χ3v) is 3.09. The predicted octanol–water partition coefficient (Wildman–Crippen LogP) is 1.82. The van der Waals surface area contributed by atoms with Gasteiger partial charge in [-0.15, -0.1) is 0 Å². The minimum absolute atomic E-state index is 0.0134. The fraction of sp³-hybridized carbons (Fsp3) is 0.417. The van der Waals surface area contributed by atoms with E-state index in [1.54, 1.807) is 18.0 Å². The molecule has 1 aromatic rings. The second-order valence-electron chi connectivity index (χ2n) is 4.04.